The zero-order valence-corrected chi connectivity index (χ0v) is 20.3. The molecule has 0 atom stereocenters. The van der Waals surface area contributed by atoms with Crippen molar-refractivity contribution in [3.8, 4) is 5.75 Å². The van der Waals surface area contributed by atoms with Crippen molar-refractivity contribution in [1.82, 2.24) is 29.8 Å². The number of halogens is 1. The average molecular weight is 503 g/mol. The largest absolute Gasteiger partial charge is 0.486 e. The zero-order valence-electron chi connectivity index (χ0n) is 19.5. The second-order valence-corrected chi connectivity index (χ2v) is 8.63. The summed E-state index contributed by atoms with van der Waals surface area (Å²) in [6.45, 7) is 5.06. The predicted molar refractivity (Wildman–Crippen MR) is 137 cm³/mol. The van der Waals surface area contributed by atoms with E-state index in [-0.39, 0.29) is 18.6 Å². The molecule has 0 radical (unpaired) electrons. The fourth-order valence-electron chi connectivity index (χ4n) is 3.80. The molecule has 4 heterocycles. The van der Waals surface area contributed by atoms with E-state index in [9.17, 15) is 4.79 Å². The summed E-state index contributed by atoms with van der Waals surface area (Å²) >= 11 is 6.46. The molecule has 1 N–H and O–H groups in total. The molecule has 182 valence electrons. The van der Waals surface area contributed by atoms with Crippen LogP contribution >= 0.6 is 11.6 Å². The standard InChI is InChI=1S/C25H23ClN8O2/c1-3-23(35)34-12-18(13-34)33(2)22-7-5-20-24(32-22)25(30-15-29-20)31-16-4-6-21(19(26)10-16)36-14-17-11-27-8-9-28-17/h3-11,15,18H,1,12-14H2,2H3,(H,29,30,31). The number of likely N-dealkylation sites (tertiary alicyclic amines) is 1. The van der Waals surface area contributed by atoms with Crippen molar-refractivity contribution in [3.05, 3.63) is 78.6 Å². The number of pyridine rings is 1. The van der Waals surface area contributed by atoms with Gasteiger partial charge in [-0.25, -0.2) is 15.0 Å². The molecule has 3 aromatic heterocycles. The first-order valence-electron chi connectivity index (χ1n) is 11.2. The van der Waals surface area contributed by atoms with Gasteiger partial charge in [0.25, 0.3) is 0 Å². The van der Waals surface area contributed by atoms with Crippen LogP contribution in [0.2, 0.25) is 5.02 Å². The molecule has 1 aromatic carbocycles. The lowest BCUT2D eigenvalue weighted by Crippen LogP contribution is -2.60. The number of nitrogens with one attached hydrogen (secondary N) is 1. The number of nitrogens with zero attached hydrogens (tertiary/aromatic N) is 7. The third-order valence-electron chi connectivity index (χ3n) is 5.91. The van der Waals surface area contributed by atoms with E-state index in [0.29, 0.717) is 46.4 Å². The van der Waals surface area contributed by atoms with Gasteiger partial charge in [-0.15, -0.1) is 0 Å². The summed E-state index contributed by atoms with van der Waals surface area (Å²) in [6, 6.07) is 9.38. The number of hydrogen-bond donors (Lipinski definition) is 1. The lowest BCUT2D eigenvalue weighted by molar-refractivity contribution is -0.130. The topological polar surface area (TPSA) is 109 Å². The Morgan fingerprint density at radius 2 is 2.11 bits per heavy atom. The third kappa shape index (κ3) is 4.89. The molecule has 1 fully saturated rings. The van der Waals surface area contributed by atoms with Gasteiger partial charge in [0.1, 0.15) is 30.0 Å². The summed E-state index contributed by atoms with van der Waals surface area (Å²) in [5.74, 6) is 1.79. The van der Waals surface area contributed by atoms with Crippen LogP contribution in [-0.2, 0) is 11.4 Å². The van der Waals surface area contributed by atoms with Crippen molar-refractivity contribution in [2.45, 2.75) is 12.6 Å². The monoisotopic (exact) mass is 502 g/mol. The van der Waals surface area contributed by atoms with E-state index in [4.69, 9.17) is 21.3 Å². The molecular weight excluding hydrogens is 480 g/mol. The number of fused-ring (bicyclic) bond motifs is 1. The van der Waals surface area contributed by atoms with Gasteiger partial charge in [0.2, 0.25) is 5.91 Å². The highest BCUT2D eigenvalue weighted by Gasteiger charge is 2.33. The Morgan fingerprint density at radius 3 is 2.86 bits per heavy atom. The van der Waals surface area contributed by atoms with Crippen LogP contribution in [0.5, 0.6) is 5.75 Å². The van der Waals surface area contributed by atoms with Crippen LogP contribution in [0.4, 0.5) is 17.3 Å². The molecule has 0 saturated carbocycles. The van der Waals surface area contributed by atoms with Gasteiger partial charge in [0.15, 0.2) is 5.82 Å². The van der Waals surface area contributed by atoms with E-state index in [0.717, 1.165) is 11.5 Å². The smallest absolute Gasteiger partial charge is 0.246 e. The molecule has 36 heavy (non-hydrogen) atoms. The minimum Gasteiger partial charge on any atom is -0.486 e. The number of amides is 1. The van der Waals surface area contributed by atoms with Crippen molar-refractivity contribution >= 4 is 45.9 Å². The molecule has 0 aliphatic carbocycles. The quantitative estimate of drug-likeness (QED) is 0.361. The van der Waals surface area contributed by atoms with Gasteiger partial charge >= 0.3 is 0 Å². The van der Waals surface area contributed by atoms with Crippen LogP contribution in [-0.4, -0.2) is 61.9 Å². The number of carbonyl (C=O) groups is 1. The molecule has 0 unspecified atom stereocenters. The van der Waals surface area contributed by atoms with Gasteiger partial charge in [-0.2, -0.15) is 0 Å². The molecule has 11 heteroatoms. The van der Waals surface area contributed by atoms with E-state index in [1.54, 1.807) is 35.6 Å². The number of ether oxygens (including phenoxy) is 1. The van der Waals surface area contributed by atoms with Gasteiger partial charge in [-0.3, -0.25) is 14.8 Å². The van der Waals surface area contributed by atoms with Crippen LogP contribution < -0.4 is 15.0 Å². The molecule has 4 aromatic rings. The van der Waals surface area contributed by atoms with Crippen LogP contribution in [0.15, 0.2) is 67.9 Å². The molecule has 1 aliphatic rings. The lowest BCUT2D eigenvalue weighted by Gasteiger charge is -2.44. The zero-order chi connectivity index (χ0) is 25.1. The summed E-state index contributed by atoms with van der Waals surface area (Å²) < 4.78 is 5.77. The SMILES string of the molecule is C=CC(=O)N1CC(N(C)c2ccc3ncnc(Nc4ccc(OCc5cnccn5)c(Cl)c4)c3n2)C1. The summed E-state index contributed by atoms with van der Waals surface area (Å²) in [6.07, 6.45) is 7.69. The van der Waals surface area contributed by atoms with E-state index in [1.807, 2.05) is 25.2 Å². The molecule has 0 spiro atoms. The number of hydrogen-bond acceptors (Lipinski definition) is 9. The number of benzene rings is 1. The van der Waals surface area contributed by atoms with Crippen LogP contribution in [0.25, 0.3) is 11.0 Å². The van der Waals surface area contributed by atoms with Gasteiger partial charge in [-0.1, -0.05) is 18.2 Å². The van der Waals surface area contributed by atoms with Crippen LogP contribution in [0.3, 0.4) is 0 Å². The minimum absolute atomic E-state index is 0.0603. The Labute approximate surface area is 212 Å². The number of anilines is 3. The highest BCUT2D eigenvalue weighted by Crippen LogP contribution is 2.31. The maximum atomic E-state index is 11.8. The van der Waals surface area contributed by atoms with Gasteiger partial charge in [0.05, 0.1) is 28.5 Å². The van der Waals surface area contributed by atoms with E-state index < -0.39 is 0 Å². The average Bonchev–Trinajstić information content (AvgIpc) is 2.87. The summed E-state index contributed by atoms with van der Waals surface area (Å²) in [5, 5.41) is 3.73. The Balaban J connectivity index is 1.32. The van der Waals surface area contributed by atoms with Crippen molar-refractivity contribution in [2.75, 3.05) is 30.4 Å². The first-order chi connectivity index (χ1) is 17.5. The van der Waals surface area contributed by atoms with Crippen molar-refractivity contribution in [1.29, 1.82) is 0 Å². The van der Waals surface area contributed by atoms with Gasteiger partial charge in [-0.05, 0) is 36.4 Å². The number of rotatable bonds is 8. The maximum Gasteiger partial charge on any atom is 0.246 e. The Kier molecular flexibility index (Phi) is 6.59. The molecule has 1 saturated heterocycles. The highest BCUT2D eigenvalue weighted by atomic mass is 35.5. The van der Waals surface area contributed by atoms with Crippen LogP contribution in [0.1, 0.15) is 5.69 Å². The molecule has 0 bridgehead atoms. The second-order valence-electron chi connectivity index (χ2n) is 8.23. The Morgan fingerprint density at radius 1 is 1.25 bits per heavy atom. The first-order valence-corrected chi connectivity index (χ1v) is 11.6. The van der Waals surface area contributed by atoms with Crippen LogP contribution in [0, 0.1) is 0 Å². The highest BCUT2D eigenvalue weighted by molar-refractivity contribution is 6.32. The van der Waals surface area contributed by atoms with E-state index in [1.165, 1.54) is 12.4 Å². The van der Waals surface area contributed by atoms with Crippen molar-refractivity contribution < 1.29 is 9.53 Å². The normalized spacial score (nSPS) is 13.2. The maximum absolute atomic E-state index is 11.8. The molecule has 1 amide bonds. The third-order valence-corrected chi connectivity index (χ3v) is 6.21. The molecule has 5 rings (SSSR count). The lowest BCUT2D eigenvalue weighted by atomic mass is 10.1. The Hall–Kier alpha value is -4.31. The van der Waals surface area contributed by atoms with Crippen molar-refractivity contribution in [3.63, 3.8) is 0 Å². The fourth-order valence-corrected chi connectivity index (χ4v) is 4.04. The number of carbonyl (C=O) groups excluding carboxylic acids is 1. The molecule has 10 nitrogen and oxygen atoms in total. The number of likely N-dealkylation sites (N-methyl/N-ethyl adjacent to an activating group) is 1. The molecular formula is C25H23ClN8O2. The summed E-state index contributed by atoms with van der Waals surface area (Å²) in [4.78, 5) is 37.3. The summed E-state index contributed by atoms with van der Waals surface area (Å²) in [7, 11) is 1.96. The minimum atomic E-state index is -0.0603. The molecule has 1 aliphatic heterocycles. The Bertz CT molecular complexity index is 1410. The number of aromatic nitrogens is 5. The fraction of sp³-hybridized carbons (Fsp3) is 0.200. The summed E-state index contributed by atoms with van der Waals surface area (Å²) in [5.41, 5.74) is 2.76. The first kappa shape index (κ1) is 23.4. The predicted octanol–water partition coefficient (Wildman–Crippen LogP) is 3.62. The van der Waals surface area contributed by atoms with E-state index >= 15 is 0 Å². The van der Waals surface area contributed by atoms with Gasteiger partial charge < -0.3 is 19.9 Å². The van der Waals surface area contributed by atoms with Gasteiger partial charge in [0, 0.05) is 38.2 Å². The second kappa shape index (κ2) is 10.1. The van der Waals surface area contributed by atoms with Crippen molar-refractivity contribution in [2.24, 2.45) is 0 Å². The van der Waals surface area contributed by atoms with E-state index in [2.05, 4.69) is 36.7 Å².